The van der Waals surface area contributed by atoms with Crippen molar-refractivity contribution in [1.29, 1.82) is 0 Å². The van der Waals surface area contributed by atoms with Crippen LogP contribution in [-0.4, -0.2) is 18.1 Å². The van der Waals surface area contributed by atoms with Gasteiger partial charge in [-0.05, 0) is 64.0 Å². The molecule has 0 heterocycles. The molecule has 29 heavy (non-hydrogen) atoms. The number of anilines is 1. The van der Waals surface area contributed by atoms with E-state index in [2.05, 4.69) is 26.6 Å². The number of rotatable bonds is 6. The smallest absolute Gasteiger partial charge is 0.257 e. The lowest BCUT2D eigenvalue weighted by Crippen LogP contribution is -2.34. The molecule has 148 valence electrons. The van der Waals surface area contributed by atoms with Crippen molar-refractivity contribution in [2.45, 2.75) is 6.61 Å². The lowest BCUT2D eigenvalue weighted by atomic mass is 10.2. The first-order valence-electron chi connectivity index (χ1n) is 8.78. The second kappa shape index (κ2) is 10.0. The van der Waals surface area contributed by atoms with Crippen LogP contribution in [0.4, 0.5) is 5.69 Å². The Morgan fingerprint density at radius 2 is 1.72 bits per heavy atom. The van der Waals surface area contributed by atoms with Crippen LogP contribution < -0.4 is 20.1 Å². The van der Waals surface area contributed by atoms with Gasteiger partial charge in [0.25, 0.3) is 5.91 Å². The largest absolute Gasteiger partial charge is 0.496 e. The van der Waals surface area contributed by atoms with E-state index in [0.717, 1.165) is 5.56 Å². The fourth-order valence-corrected chi connectivity index (χ4v) is 3.31. The van der Waals surface area contributed by atoms with Crippen molar-refractivity contribution < 1.29 is 14.3 Å². The predicted molar refractivity (Wildman–Crippen MR) is 122 cm³/mol. The molecule has 0 atom stereocenters. The van der Waals surface area contributed by atoms with Crippen LogP contribution in [-0.2, 0) is 6.61 Å². The fourth-order valence-electron chi connectivity index (χ4n) is 2.57. The van der Waals surface area contributed by atoms with Crippen LogP contribution in [0.25, 0.3) is 0 Å². The summed E-state index contributed by atoms with van der Waals surface area (Å²) in [5.74, 6) is 0.959. The van der Waals surface area contributed by atoms with Crippen LogP contribution in [0.15, 0.2) is 77.3 Å². The van der Waals surface area contributed by atoms with Crippen molar-refractivity contribution >= 4 is 44.9 Å². The molecule has 5 nitrogen and oxygen atoms in total. The Morgan fingerprint density at radius 1 is 1.00 bits per heavy atom. The topological polar surface area (TPSA) is 59.6 Å². The Bertz CT molecular complexity index is 1010. The van der Waals surface area contributed by atoms with Crippen molar-refractivity contribution in [3.05, 3.63) is 88.4 Å². The molecule has 1 amide bonds. The third kappa shape index (κ3) is 5.79. The molecule has 3 rings (SSSR count). The van der Waals surface area contributed by atoms with Gasteiger partial charge < -0.3 is 14.8 Å². The van der Waals surface area contributed by atoms with Gasteiger partial charge in [0.15, 0.2) is 5.11 Å². The van der Waals surface area contributed by atoms with Gasteiger partial charge in [-0.25, -0.2) is 0 Å². The standard InChI is InChI=1S/C22H19BrN2O3S/c1-27-19-12-11-16(13-17(19)23)21(26)25-22(29)24-18-9-5-6-10-20(18)28-14-15-7-3-2-4-8-15/h2-13H,14H2,1H3,(H2,24,25,26,29). The lowest BCUT2D eigenvalue weighted by Gasteiger charge is -2.14. The SMILES string of the molecule is COc1ccc(C(=O)NC(=S)Nc2ccccc2OCc2ccccc2)cc1Br. The minimum atomic E-state index is -0.325. The Morgan fingerprint density at radius 3 is 2.45 bits per heavy atom. The number of benzene rings is 3. The fraction of sp³-hybridized carbons (Fsp3) is 0.0909. The molecule has 3 aromatic rings. The Balaban J connectivity index is 1.63. The quantitative estimate of drug-likeness (QED) is 0.487. The van der Waals surface area contributed by atoms with Crippen LogP contribution >= 0.6 is 28.1 Å². The number of hydrogen-bond donors (Lipinski definition) is 2. The van der Waals surface area contributed by atoms with Crippen molar-refractivity contribution in [3.8, 4) is 11.5 Å². The molecule has 0 fully saturated rings. The zero-order chi connectivity index (χ0) is 20.6. The molecule has 0 spiro atoms. The summed E-state index contributed by atoms with van der Waals surface area (Å²) in [4.78, 5) is 12.5. The lowest BCUT2D eigenvalue weighted by molar-refractivity contribution is 0.0977. The highest BCUT2D eigenvalue weighted by molar-refractivity contribution is 9.10. The average Bonchev–Trinajstić information content (AvgIpc) is 2.73. The van der Waals surface area contributed by atoms with Gasteiger partial charge in [-0.2, -0.15) is 0 Å². The molecular weight excluding hydrogens is 452 g/mol. The maximum absolute atomic E-state index is 12.5. The molecule has 3 aromatic carbocycles. The number of hydrogen-bond acceptors (Lipinski definition) is 4. The number of carbonyl (C=O) groups is 1. The van der Waals surface area contributed by atoms with Crippen molar-refractivity contribution in [3.63, 3.8) is 0 Å². The molecule has 0 radical (unpaired) electrons. The molecule has 2 N–H and O–H groups in total. The maximum Gasteiger partial charge on any atom is 0.257 e. The molecular formula is C22H19BrN2O3S. The summed E-state index contributed by atoms with van der Waals surface area (Å²) in [7, 11) is 1.57. The summed E-state index contributed by atoms with van der Waals surface area (Å²) in [5.41, 5.74) is 2.18. The molecule has 0 saturated heterocycles. The van der Waals surface area contributed by atoms with E-state index in [1.165, 1.54) is 0 Å². The van der Waals surface area contributed by atoms with Gasteiger partial charge in [0.05, 0.1) is 17.3 Å². The van der Waals surface area contributed by atoms with Gasteiger partial charge in [-0.15, -0.1) is 0 Å². The van der Waals surface area contributed by atoms with Crippen LogP contribution in [0.3, 0.4) is 0 Å². The monoisotopic (exact) mass is 470 g/mol. The van der Waals surface area contributed by atoms with Crippen LogP contribution in [0, 0.1) is 0 Å². The third-order valence-electron chi connectivity index (χ3n) is 4.01. The van der Waals surface area contributed by atoms with Gasteiger partial charge in [0.1, 0.15) is 18.1 Å². The maximum atomic E-state index is 12.5. The van der Waals surface area contributed by atoms with Crippen LogP contribution in [0.5, 0.6) is 11.5 Å². The van der Waals surface area contributed by atoms with Crippen LogP contribution in [0.1, 0.15) is 15.9 Å². The zero-order valence-electron chi connectivity index (χ0n) is 15.6. The Kier molecular flexibility index (Phi) is 7.21. The average molecular weight is 471 g/mol. The van der Waals surface area contributed by atoms with Gasteiger partial charge in [0.2, 0.25) is 0 Å². The van der Waals surface area contributed by atoms with Crippen molar-refractivity contribution in [1.82, 2.24) is 5.32 Å². The third-order valence-corrected chi connectivity index (χ3v) is 4.84. The van der Waals surface area contributed by atoms with E-state index in [1.807, 2.05) is 54.6 Å². The van der Waals surface area contributed by atoms with E-state index in [-0.39, 0.29) is 11.0 Å². The van der Waals surface area contributed by atoms with Gasteiger partial charge in [-0.3, -0.25) is 10.1 Å². The number of ether oxygens (including phenoxy) is 2. The Labute approximate surface area is 183 Å². The number of amides is 1. The second-order valence-corrected chi connectivity index (χ2v) is 7.29. The molecule has 0 aliphatic heterocycles. The Hall–Kier alpha value is -2.90. The van der Waals surface area contributed by atoms with E-state index < -0.39 is 0 Å². The number of thiocarbonyl (C=S) groups is 1. The number of carbonyl (C=O) groups excluding carboxylic acids is 1. The molecule has 0 aliphatic carbocycles. The van der Waals surface area contributed by atoms with Crippen molar-refractivity contribution in [2.75, 3.05) is 12.4 Å². The number of halogens is 1. The summed E-state index contributed by atoms with van der Waals surface area (Å²) in [6, 6.07) is 22.3. The second-order valence-electron chi connectivity index (χ2n) is 6.03. The summed E-state index contributed by atoms with van der Waals surface area (Å²) < 4.78 is 11.8. The van der Waals surface area contributed by atoms with E-state index in [1.54, 1.807) is 25.3 Å². The first kappa shape index (κ1) is 20.8. The highest BCUT2D eigenvalue weighted by Gasteiger charge is 2.12. The molecule has 7 heteroatoms. The summed E-state index contributed by atoms with van der Waals surface area (Å²) in [5, 5.41) is 5.88. The van der Waals surface area contributed by atoms with E-state index in [4.69, 9.17) is 21.7 Å². The molecule has 0 bridgehead atoms. The zero-order valence-corrected chi connectivity index (χ0v) is 18.0. The van der Waals surface area contributed by atoms with E-state index >= 15 is 0 Å². The van der Waals surface area contributed by atoms with Gasteiger partial charge in [-0.1, -0.05) is 42.5 Å². The molecule has 0 aromatic heterocycles. The minimum absolute atomic E-state index is 0.178. The predicted octanol–water partition coefficient (Wildman–Crippen LogP) is 5.16. The van der Waals surface area contributed by atoms with E-state index in [0.29, 0.717) is 33.8 Å². The van der Waals surface area contributed by atoms with Crippen LogP contribution in [0.2, 0.25) is 0 Å². The molecule has 0 unspecified atom stereocenters. The minimum Gasteiger partial charge on any atom is -0.496 e. The first-order chi connectivity index (χ1) is 14.1. The van der Waals surface area contributed by atoms with E-state index in [9.17, 15) is 4.79 Å². The highest BCUT2D eigenvalue weighted by atomic mass is 79.9. The number of methoxy groups -OCH3 is 1. The van der Waals surface area contributed by atoms with Gasteiger partial charge >= 0.3 is 0 Å². The highest BCUT2D eigenvalue weighted by Crippen LogP contribution is 2.26. The number of nitrogens with one attached hydrogen (secondary N) is 2. The summed E-state index contributed by atoms with van der Waals surface area (Å²) >= 11 is 8.67. The number of para-hydroxylation sites is 2. The van der Waals surface area contributed by atoms with Gasteiger partial charge in [0, 0.05) is 5.56 Å². The molecule has 0 saturated carbocycles. The first-order valence-corrected chi connectivity index (χ1v) is 9.98. The summed E-state index contributed by atoms with van der Waals surface area (Å²) in [6.07, 6.45) is 0. The van der Waals surface area contributed by atoms with Crippen molar-refractivity contribution in [2.24, 2.45) is 0 Å². The molecule has 0 aliphatic rings. The summed E-state index contributed by atoms with van der Waals surface area (Å²) in [6.45, 7) is 0.429. The normalized spacial score (nSPS) is 10.1.